The Bertz CT molecular complexity index is 618. The SMILES string of the molecule is CCNC(=NCc1ccc(C)cc1)NCCCN(CC)S(C)(=O)=O.I. The van der Waals surface area contributed by atoms with E-state index in [-0.39, 0.29) is 24.0 Å². The van der Waals surface area contributed by atoms with Gasteiger partial charge < -0.3 is 10.6 Å². The molecule has 0 aliphatic rings. The molecule has 0 unspecified atom stereocenters. The zero-order valence-corrected chi connectivity index (χ0v) is 18.7. The second-order valence-corrected chi connectivity index (χ2v) is 7.70. The van der Waals surface area contributed by atoms with Crippen molar-refractivity contribution in [1.29, 1.82) is 0 Å². The standard InChI is InChI=1S/C17H30N4O2S.HI/c1-5-18-17(20-14-16-10-8-15(3)9-11-16)19-12-7-13-21(6-2)24(4,22)23;/h8-11H,5-7,12-14H2,1-4H3,(H2,18,19,20);1H. The Hall–Kier alpha value is -0.870. The summed E-state index contributed by atoms with van der Waals surface area (Å²) in [7, 11) is -3.12. The lowest BCUT2D eigenvalue weighted by Crippen LogP contribution is -2.39. The zero-order chi connectivity index (χ0) is 18.0. The Kier molecular flexibility index (Phi) is 12.0. The number of aliphatic imine (C=N–C) groups is 1. The molecule has 0 saturated heterocycles. The van der Waals surface area contributed by atoms with Gasteiger partial charge in [-0.25, -0.2) is 17.7 Å². The maximum Gasteiger partial charge on any atom is 0.211 e. The summed E-state index contributed by atoms with van der Waals surface area (Å²) in [5.41, 5.74) is 2.39. The second kappa shape index (κ2) is 12.5. The maximum absolute atomic E-state index is 11.5. The highest BCUT2D eigenvalue weighted by atomic mass is 127. The van der Waals surface area contributed by atoms with Gasteiger partial charge in [0, 0.05) is 26.2 Å². The van der Waals surface area contributed by atoms with Gasteiger partial charge in [0.25, 0.3) is 0 Å². The molecule has 0 heterocycles. The number of sulfonamides is 1. The average molecular weight is 482 g/mol. The van der Waals surface area contributed by atoms with Gasteiger partial charge in [0.2, 0.25) is 10.0 Å². The normalized spacial score (nSPS) is 12.0. The summed E-state index contributed by atoms with van der Waals surface area (Å²) < 4.78 is 24.6. The van der Waals surface area contributed by atoms with Crippen molar-refractivity contribution in [2.45, 2.75) is 33.7 Å². The fourth-order valence-electron chi connectivity index (χ4n) is 2.23. The summed E-state index contributed by atoms with van der Waals surface area (Å²) in [5, 5.41) is 6.45. The Balaban J connectivity index is 0.00000576. The molecule has 0 spiro atoms. The van der Waals surface area contributed by atoms with Crippen molar-refractivity contribution in [3.8, 4) is 0 Å². The molecule has 0 fully saturated rings. The molecule has 144 valence electrons. The molecule has 0 bridgehead atoms. The third-order valence-electron chi connectivity index (χ3n) is 3.58. The van der Waals surface area contributed by atoms with Gasteiger partial charge in [0.1, 0.15) is 0 Å². The molecule has 6 nitrogen and oxygen atoms in total. The van der Waals surface area contributed by atoms with Crippen LogP contribution in [-0.4, -0.2) is 51.1 Å². The van der Waals surface area contributed by atoms with Crippen LogP contribution in [-0.2, 0) is 16.6 Å². The van der Waals surface area contributed by atoms with Crippen LogP contribution in [0.5, 0.6) is 0 Å². The molecule has 25 heavy (non-hydrogen) atoms. The fraction of sp³-hybridized carbons (Fsp3) is 0.588. The van der Waals surface area contributed by atoms with Crippen molar-refractivity contribution in [2.75, 3.05) is 32.4 Å². The van der Waals surface area contributed by atoms with E-state index in [4.69, 9.17) is 0 Å². The minimum absolute atomic E-state index is 0. The van der Waals surface area contributed by atoms with Gasteiger partial charge in [-0.1, -0.05) is 36.8 Å². The molecule has 0 aliphatic carbocycles. The van der Waals surface area contributed by atoms with E-state index in [9.17, 15) is 8.42 Å². The van der Waals surface area contributed by atoms with Crippen molar-refractivity contribution >= 4 is 40.0 Å². The monoisotopic (exact) mass is 482 g/mol. The molecule has 0 aromatic heterocycles. The second-order valence-electron chi connectivity index (χ2n) is 5.72. The summed E-state index contributed by atoms with van der Waals surface area (Å²) in [6, 6.07) is 8.31. The van der Waals surface area contributed by atoms with Gasteiger partial charge in [0.05, 0.1) is 12.8 Å². The molecule has 1 aromatic carbocycles. The van der Waals surface area contributed by atoms with Crippen LogP contribution in [0, 0.1) is 6.92 Å². The summed E-state index contributed by atoms with van der Waals surface area (Å²) in [5.74, 6) is 0.750. The minimum atomic E-state index is -3.12. The number of hydrogen-bond donors (Lipinski definition) is 2. The molecule has 8 heteroatoms. The van der Waals surface area contributed by atoms with Crippen LogP contribution >= 0.6 is 24.0 Å². The number of hydrogen-bond acceptors (Lipinski definition) is 3. The van der Waals surface area contributed by atoms with E-state index < -0.39 is 10.0 Å². The third kappa shape index (κ3) is 10.0. The van der Waals surface area contributed by atoms with Crippen LogP contribution in [0.3, 0.4) is 0 Å². The van der Waals surface area contributed by atoms with E-state index in [2.05, 4.69) is 46.8 Å². The van der Waals surface area contributed by atoms with E-state index in [1.165, 1.54) is 16.1 Å². The van der Waals surface area contributed by atoms with Gasteiger partial charge in [-0.15, -0.1) is 24.0 Å². The zero-order valence-electron chi connectivity index (χ0n) is 15.6. The first kappa shape index (κ1) is 24.1. The Morgan fingerprint density at radius 2 is 1.80 bits per heavy atom. The first-order valence-electron chi connectivity index (χ1n) is 8.39. The van der Waals surface area contributed by atoms with Gasteiger partial charge >= 0.3 is 0 Å². The number of guanidine groups is 1. The minimum Gasteiger partial charge on any atom is -0.357 e. The third-order valence-corrected chi connectivity index (χ3v) is 4.96. The first-order chi connectivity index (χ1) is 11.4. The van der Waals surface area contributed by atoms with Gasteiger partial charge in [-0.3, -0.25) is 0 Å². The van der Waals surface area contributed by atoms with Crippen LogP contribution in [0.15, 0.2) is 29.3 Å². The fourth-order valence-corrected chi connectivity index (χ4v) is 3.16. The van der Waals surface area contributed by atoms with E-state index in [0.717, 1.165) is 24.5 Å². The van der Waals surface area contributed by atoms with Crippen LogP contribution in [0.25, 0.3) is 0 Å². The number of rotatable bonds is 9. The molecule has 0 aliphatic heterocycles. The Morgan fingerprint density at radius 3 is 2.32 bits per heavy atom. The van der Waals surface area contributed by atoms with Crippen LogP contribution < -0.4 is 10.6 Å². The van der Waals surface area contributed by atoms with Crippen molar-refractivity contribution in [3.63, 3.8) is 0 Å². The van der Waals surface area contributed by atoms with Crippen molar-refractivity contribution in [3.05, 3.63) is 35.4 Å². The van der Waals surface area contributed by atoms with E-state index in [0.29, 0.717) is 26.2 Å². The Morgan fingerprint density at radius 1 is 1.16 bits per heavy atom. The number of nitrogens with zero attached hydrogens (tertiary/aromatic N) is 2. The highest BCUT2D eigenvalue weighted by molar-refractivity contribution is 14.0. The smallest absolute Gasteiger partial charge is 0.211 e. The van der Waals surface area contributed by atoms with Crippen molar-refractivity contribution < 1.29 is 8.42 Å². The van der Waals surface area contributed by atoms with Gasteiger partial charge in [0.15, 0.2) is 5.96 Å². The number of aryl methyl sites for hydroxylation is 1. The van der Waals surface area contributed by atoms with Crippen molar-refractivity contribution in [2.24, 2.45) is 4.99 Å². The first-order valence-corrected chi connectivity index (χ1v) is 10.2. The lowest BCUT2D eigenvalue weighted by atomic mass is 10.1. The topological polar surface area (TPSA) is 73.8 Å². The maximum atomic E-state index is 11.5. The van der Waals surface area contributed by atoms with Crippen LogP contribution in [0.2, 0.25) is 0 Å². The number of benzene rings is 1. The summed E-state index contributed by atoms with van der Waals surface area (Å²) in [6.45, 7) is 9.01. The molecule has 0 atom stereocenters. The van der Waals surface area contributed by atoms with E-state index in [1.54, 1.807) is 0 Å². The molecular formula is C17H31IN4O2S. The number of nitrogens with one attached hydrogen (secondary N) is 2. The molecule has 0 radical (unpaired) electrons. The highest BCUT2D eigenvalue weighted by Crippen LogP contribution is 2.04. The lowest BCUT2D eigenvalue weighted by Gasteiger charge is -2.18. The molecule has 1 aromatic rings. The molecule has 1 rings (SSSR count). The molecule has 2 N–H and O–H groups in total. The highest BCUT2D eigenvalue weighted by Gasteiger charge is 2.13. The van der Waals surface area contributed by atoms with Crippen LogP contribution in [0.1, 0.15) is 31.4 Å². The van der Waals surface area contributed by atoms with Gasteiger partial charge in [-0.2, -0.15) is 0 Å². The van der Waals surface area contributed by atoms with Gasteiger partial charge in [-0.05, 0) is 25.8 Å². The predicted octanol–water partition coefficient (Wildman–Crippen LogP) is 2.34. The number of halogens is 1. The van der Waals surface area contributed by atoms with Crippen molar-refractivity contribution in [1.82, 2.24) is 14.9 Å². The largest absolute Gasteiger partial charge is 0.357 e. The molecular weight excluding hydrogens is 451 g/mol. The Labute approximate surface area is 169 Å². The summed E-state index contributed by atoms with van der Waals surface area (Å²) >= 11 is 0. The van der Waals surface area contributed by atoms with Crippen LogP contribution in [0.4, 0.5) is 0 Å². The summed E-state index contributed by atoms with van der Waals surface area (Å²) in [6.07, 6.45) is 1.98. The summed E-state index contributed by atoms with van der Waals surface area (Å²) in [4.78, 5) is 4.56. The van der Waals surface area contributed by atoms with E-state index >= 15 is 0 Å². The van der Waals surface area contributed by atoms with E-state index in [1.807, 2.05) is 13.8 Å². The average Bonchev–Trinajstić information content (AvgIpc) is 2.52. The molecule has 0 saturated carbocycles. The lowest BCUT2D eigenvalue weighted by molar-refractivity contribution is 0.424. The molecule has 0 amide bonds. The predicted molar refractivity (Wildman–Crippen MR) is 116 cm³/mol. The quantitative estimate of drug-likeness (QED) is 0.245.